The number of aliphatic hydroxyl groups excluding tert-OH is 2. The normalized spacial score (nSPS) is 13.9. The smallest absolute Gasteiger partial charge is 0.306 e. The van der Waals surface area contributed by atoms with Gasteiger partial charge in [-0.3, -0.25) is 9.59 Å². The Morgan fingerprint density at radius 2 is 0.875 bits per heavy atom. The summed E-state index contributed by atoms with van der Waals surface area (Å²) in [5.41, 5.74) is 0. The highest BCUT2D eigenvalue weighted by molar-refractivity contribution is 5.77. The van der Waals surface area contributed by atoms with E-state index >= 15 is 0 Å². The molecule has 0 heterocycles. The molecule has 1 amide bonds. The molecule has 0 saturated carbocycles. The van der Waals surface area contributed by atoms with E-state index < -0.39 is 18.2 Å². The summed E-state index contributed by atoms with van der Waals surface area (Å²) in [7, 11) is 0. The molecule has 0 aromatic heterocycles. The molecule has 0 saturated heterocycles. The zero-order chi connectivity index (χ0) is 46.7. The number of ether oxygens (including phenoxy) is 1. The van der Waals surface area contributed by atoms with Crippen molar-refractivity contribution in [2.45, 2.75) is 264 Å². The summed E-state index contributed by atoms with van der Waals surface area (Å²) in [6.45, 7) is 6.32. The number of hydrogen-bond acceptors (Lipinski definition) is 5. The highest BCUT2D eigenvalue weighted by Gasteiger charge is 2.23. The van der Waals surface area contributed by atoms with E-state index in [-0.39, 0.29) is 24.9 Å². The van der Waals surface area contributed by atoms with Crippen molar-refractivity contribution in [2.75, 3.05) is 6.61 Å². The first kappa shape index (κ1) is 61.0. The highest BCUT2D eigenvalue weighted by atomic mass is 16.5. The van der Waals surface area contributed by atoms with Crippen molar-refractivity contribution in [1.82, 2.24) is 5.32 Å². The van der Waals surface area contributed by atoms with Gasteiger partial charge in [0.2, 0.25) is 5.91 Å². The van der Waals surface area contributed by atoms with E-state index in [1.54, 1.807) is 0 Å². The summed E-state index contributed by atoms with van der Waals surface area (Å²) >= 11 is 0. The largest absolute Gasteiger partial charge is 0.461 e. The van der Waals surface area contributed by atoms with Gasteiger partial charge in [0.05, 0.1) is 25.2 Å². The molecule has 0 aliphatic rings. The summed E-state index contributed by atoms with van der Waals surface area (Å²) in [5.74, 6) is -0.590. The van der Waals surface area contributed by atoms with E-state index in [2.05, 4.69) is 99.0 Å². The van der Waals surface area contributed by atoms with Gasteiger partial charge in [-0.1, -0.05) is 234 Å². The average molecular weight is 892 g/mol. The number of rotatable bonds is 47. The molecule has 0 spiro atoms. The Morgan fingerprint density at radius 1 is 0.484 bits per heavy atom. The summed E-state index contributed by atoms with van der Waals surface area (Å²) in [5, 5.41) is 23.8. The molecular weight excluding hydrogens is 791 g/mol. The van der Waals surface area contributed by atoms with Gasteiger partial charge in [0.15, 0.2) is 0 Å². The second-order valence-corrected chi connectivity index (χ2v) is 17.9. The van der Waals surface area contributed by atoms with Crippen LogP contribution >= 0.6 is 0 Å². The minimum Gasteiger partial charge on any atom is -0.461 e. The first-order chi connectivity index (χ1) is 31.5. The van der Waals surface area contributed by atoms with Gasteiger partial charge in [-0.2, -0.15) is 0 Å². The van der Waals surface area contributed by atoms with Crippen LogP contribution in [0.4, 0.5) is 0 Å². The van der Waals surface area contributed by atoms with Crippen molar-refractivity contribution in [2.24, 2.45) is 0 Å². The molecule has 0 aliphatic carbocycles. The Morgan fingerprint density at radius 3 is 1.36 bits per heavy atom. The second-order valence-electron chi connectivity index (χ2n) is 17.9. The van der Waals surface area contributed by atoms with E-state index in [1.807, 2.05) is 12.2 Å². The Bertz CT molecular complexity index is 1230. The maximum Gasteiger partial charge on any atom is 0.306 e. The van der Waals surface area contributed by atoms with Gasteiger partial charge < -0.3 is 20.3 Å². The fourth-order valence-corrected chi connectivity index (χ4v) is 7.66. The quantitative estimate of drug-likeness (QED) is 0.0321. The fourth-order valence-electron chi connectivity index (χ4n) is 7.66. The molecule has 0 aromatic rings. The minimum atomic E-state index is -0.817. The maximum absolute atomic E-state index is 13.2. The van der Waals surface area contributed by atoms with Crippen LogP contribution in [0.1, 0.15) is 245 Å². The Labute approximate surface area is 395 Å². The number of carbonyl (C=O) groups excluding carboxylic acids is 2. The minimum absolute atomic E-state index is 0.00700. The average Bonchev–Trinajstić information content (AvgIpc) is 3.29. The van der Waals surface area contributed by atoms with Gasteiger partial charge >= 0.3 is 5.97 Å². The highest BCUT2D eigenvalue weighted by Crippen LogP contribution is 2.16. The van der Waals surface area contributed by atoms with Crippen molar-refractivity contribution in [3.8, 4) is 0 Å². The van der Waals surface area contributed by atoms with Gasteiger partial charge in [-0.05, 0) is 77.0 Å². The molecule has 6 heteroatoms. The number of hydrogen-bond donors (Lipinski definition) is 3. The molecule has 368 valence electrons. The fraction of sp³-hybridized carbons (Fsp3) is 0.724. The predicted octanol–water partition coefficient (Wildman–Crippen LogP) is 16.3. The van der Waals surface area contributed by atoms with E-state index in [0.29, 0.717) is 19.3 Å². The maximum atomic E-state index is 13.2. The molecule has 3 unspecified atom stereocenters. The van der Waals surface area contributed by atoms with Gasteiger partial charge in [0, 0.05) is 12.8 Å². The Kier molecular flexibility index (Phi) is 48.7. The van der Waals surface area contributed by atoms with Crippen LogP contribution in [0.3, 0.4) is 0 Å². The zero-order valence-electron chi connectivity index (χ0n) is 41.9. The summed E-state index contributed by atoms with van der Waals surface area (Å²) in [4.78, 5) is 26.2. The van der Waals surface area contributed by atoms with Gasteiger partial charge in [-0.25, -0.2) is 0 Å². The van der Waals surface area contributed by atoms with E-state index in [1.165, 1.54) is 116 Å². The number of esters is 1. The molecule has 0 rings (SSSR count). The summed E-state index contributed by atoms with van der Waals surface area (Å²) in [6, 6.07) is -0.737. The van der Waals surface area contributed by atoms with E-state index in [9.17, 15) is 19.8 Å². The van der Waals surface area contributed by atoms with Crippen LogP contribution < -0.4 is 5.32 Å². The van der Waals surface area contributed by atoms with Crippen molar-refractivity contribution >= 4 is 11.9 Å². The second kappa shape index (κ2) is 51.0. The standard InChI is InChI=1S/C58H101NO5/c1-4-7-10-13-16-19-22-25-27-28-30-33-36-39-42-45-48-51-58(63)64-54(49-46-43-40-37-34-32-29-26-23-20-17-14-11-8-5-2)52-57(62)59-55(53-60)56(61)50-47-44-41-38-35-31-24-21-18-15-12-9-6-3/h8,11,16-17,19-20,25-27,29,34,37,43,46,54-56,60-61H,4-7,9-10,12-15,18,21-24,28,30-33,35-36,38-42,44-45,47-53H2,1-3H3,(H,59,62)/b11-8-,19-16-,20-17-,27-25-,29-26-,37-34-,46-43-. The molecule has 3 N–H and O–H groups in total. The lowest BCUT2D eigenvalue weighted by Gasteiger charge is -2.24. The van der Waals surface area contributed by atoms with Crippen LogP contribution in [-0.2, 0) is 14.3 Å². The third-order valence-electron chi connectivity index (χ3n) is 11.7. The van der Waals surface area contributed by atoms with Crippen LogP contribution in [0.15, 0.2) is 85.1 Å². The van der Waals surface area contributed by atoms with Crippen LogP contribution in [0.5, 0.6) is 0 Å². The molecule has 3 atom stereocenters. The van der Waals surface area contributed by atoms with Crippen molar-refractivity contribution in [1.29, 1.82) is 0 Å². The topological polar surface area (TPSA) is 95.9 Å². The number of aliphatic hydroxyl groups is 2. The van der Waals surface area contributed by atoms with E-state index in [0.717, 1.165) is 83.5 Å². The molecule has 0 radical (unpaired) electrons. The first-order valence-electron chi connectivity index (χ1n) is 26.8. The molecular formula is C58H101NO5. The SMILES string of the molecule is CC/C=C\C/C=C\C/C=C\C/C=C\C/C=C\CC(CC(=O)NC(CO)C(O)CCCCCCCCCCCCCCC)OC(=O)CCCCCCCCC/C=C\C/C=C\CCCCC. The van der Waals surface area contributed by atoms with Crippen LogP contribution in [0.2, 0.25) is 0 Å². The number of nitrogens with one attached hydrogen (secondary N) is 1. The van der Waals surface area contributed by atoms with Crippen LogP contribution in [0.25, 0.3) is 0 Å². The lowest BCUT2D eigenvalue weighted by molar-refractivity contribution is -0.150. The van der Waals surface area contributed by atoms with Gasteiger partial charge in [0.25, 0.3) is 0 Å². The zero-order valence-corrected chi connectivity index (χ0v) is 41.9. The predicted molar refractivity (Wildman–Crippen MR) is 278 cm³/mol. The molecule has 64 heavy (non-hydrogen) atoms. The third kappa shape index (κ3) is 45.6. The molecule has 0 fully saturated rings. The number of amides is 1. The number of carbonyl (C=O) groups is 2. The van der Waals surface area contributed by atoms with Crippen LogP contribution in [-0.4, -0.2) is 46.9 Å². The molecule has 0 bridgehead atoms. The van der Waals surface area contributed by atoms with Crippen molar-refractivity contribution in [3.05, 3.63) is 85.1 Å². The monoisotopic (exact) mass is 892 g/mol. The Hall–Kier alpha value is -2.96. The molecule has 0 aliphatic heterocycles. The number of unbranched alkanes of at least 4 members (excludes halogenated alkanes) is 22. The number of allylic oxidation sites excluding steroid dienone is 13. The van der Waals surface area contributed by atoms with Gasteiger partial charge in [0.1, 0.15) is 6.10 Å². The molecule has 0 aromatic carbocycles. The lowest BCUT2D eigenvalue weighted by Crippen LogP contribution is -2.46. The Balaban J connectivity index is 4.72. The van der Waals surface area contributed by atoms with Gasteiger partial charge in [-0.15, -0.1) is 0 Å². The van der Waals surface area contributed by atoms with Crippen molar-refractivity contribution in [3.63, 3.8) is 0 Å². The van der Waals surface area contributed by atoms with Crippen molar-refractivity contribution < 1.29 is 24.5 Å². The van der Waals surface area contributed by atoms with E-state index in [4.69, 9.17) is 4.74 Å². The summed E-state index contributed by atoms with van der Waals surface area (Å²) < 4.78 is 5.87. The van der Waals surface area contributed by atoms with Crippen LogP contribution in [0, 0.1) is 0 Å². The third-order valence-corrected chi connectivity index (χ3v) is 11.7. The lowest BCUT2D eigenvalue weighted by atomic mass is 10.0. The molecule has 6 nitrogen and oxygen atoms in total. The first-order valence-corrected chi connectivity index (χ1v) is 26.8. The summed E-state index contributed by atoms with van der Waals surface area (Å²) in [6.07, 6.45) is 66.6.